The van der Waals surface area contributed by atoms with E-state index in [2.05, 4.69) is 90.1 Å². The third kappa shape index (κ3) is 6.50. The second kappa shape index (κ2) is 15.4. The van der Waals surface area contributed by atoms with E-state index in [1.54, 1.807) is 9.13 Å². The van der Waals surface area contributed by atoms with Crippen LogP contribution < -0.4 is 15.9 Å². The molecule has 1 aliphatic heterocycles. The molecule has 0 amide bonds. The second-order valence-electron chi connectivity index (χ2n) is 18.8. The van der Waals surface area contributed by atoms with Gasteiger partial charge in [-0.1, -0.05) is 90.1 Å². The molecule has 0 unspecified atom stereocenters. The van der Waals surface area contributed by atoms with Gasteiger partial charge in [-0.15, -0.1) is 59.3 Å². The fraction of sp³-hybridized carbons (Fsp3) is 0.158. The Morgan fingerprint density at radius 2 is 0.923 bits per heavy atom. The normalized spacial score (nSPS) is 13.3. The number of ether oxygens (including phenoxy) is 1. The molecular weight excluding hydrogens is 984 g/mol. The Balaban J connectivity index is 0.00000498. The van der Waals surface area contributed by atoms with Gasteiger partial charge in [0, 0.05) is 44.6 Å². The summed E-state index contributed by atoms with van der Waals surface area (Å²) in [5.41, 5.74) is 7.47. The Hall–Kier alpha value is -6.95. The van der Waals surface area contributed by atoms with Crippen LogP contribution in [0, 0.1) is 12.1 Å². The summed E-state index contributed by atoms with van der Waals surface area (Å²) >= 11 is 0. The molecule has 0 atom stereocenters. The van der Waals surface area contributed by atoms with Crippen molar-refractivity contribution < 1.29 is 25.8 Å². The van der Waals surface area contributed by atoms with Gasteiger partial charge >= 0.3 is 21.1 Å². The monoisotopic (exact) mass is 1030 g/mol. The van der Waals surface area contributed by atoms with Crippen LogP contribution in [0.2, 0.25) is 0 Å². The first kappa shape index (κ1) is 42.0. The van der Waals surface area contributed by atoms with Gasteiger partial charge in [0.05, 0.1) is 11.4 Å². The van der Waals surface area contributed by atoms with Crippen LogP contribution in [0.15, 0.2) is 167 Å². The maximum atomic E-state index is 14.5. The van der Waals surface area contributed by atoms with E-state index in [0.29, 0.717) is 66.5 Å². The molecule has 4 aromatic heterocycles. The van der Waals surface area contributed by atoms with Gasteiger partial charge in [0.1, 0.15) is 16.9 Å². The van der Waals surface area contributed by atoms with Crippen LogP contribution in [0.1, 0.15) is 75.2 Å². The van der Waals surface area contributed by atoms with E-state index in [-0.39, 0.29) is 43.0 Å². The van der Waals surface area contributed by atoms with Gasteiger partial charge in [-0.25, -0.2) is 0 Å². The number of hydrogen-bond acceptors (Lipinski definition) is 5. The first-order valence-electron chi connectivity index (χ1n) is 21.7. The molecular formula is C57H44N4O3Pt. The van der Waals surface area contributed by atoms with Gasteiger partial charge in [-0.2, -0.15) is 0 Å². The van der Waals surface area contributed by atoms with Crippen molar-refractivity contribution in [1.82, 2.24) is 19.1 Å². The number of rotatable bonds is 4. The number of para-hydroxylation sites is 2. The minimum absolute atomic E-state index is 0. The van der Waals surface area contributed by atoms with E-state index in [1.165, 1.54) is 0 Å². The minimum Gasteiger partial charge on any atom is -0.457 e. The summed E-state index contributed by atoms with van der Waals surface area (Å²) < 4.78 is 10.4. The first-order valence-corrected chi connectivity index (χ1v) is 21.7. The van der Waals surface area contributed by atoms with E-state index in [0.717, 1.165) is 33.6 Å². The molecule has 0 saturated heterocycles. The van der Waals surface area contributed by atoms with Crippen molar-refractivity contribution >= 4 is 43.6 Å². The van der Waals surface area contributed by atoms with Crippen molar-refractivity contribution in [3.63, 3.8) is 0 Å². The molecule has 0 saturated carbocycles. The minimum atomic E-state index is -1.20. The Morgan fingerprint density at radius 3 is 1.32 bits per heavy atom. The Morgan fingerprint density at radius 1 is 0.508 bits per heavy atom. The molecule has 8 heteroatoms. The summed E-state index contributed by atoms with van der Waals surface area (Å²) in [5, 5.41) is 2.29. The maximum absolute atomic E-state index is 14.5. The number of fused-ring (bicyclic) bond motifs is 8. The van der Waals surface area contributed by atoms with Gasteiger partial charge < -0.3 is 4.74 Å². The van der Waals surface area contributed by atoms with Crippen LogP contribution in [-0.4, -0.2) is 19.1 Å². The average Bonchev–Trinajstić information content (AvgIpc) is 3.30. The summed E-state index contributed by atoms with van der Waals surface area (Å²) in [6, 6.07) is 58.3. The average molecular weight is 1030 g/mol. The number of pyridine rings is 4. The standard InChI is InChI=1S/C57H44N4O3.Pt/c1-55(2,3)35-25-29-47-43(33-35)57(44-34-36(56(4,5)6)26-30-48(44)64-47,49-31-27-45-51(58-49)39-21-13-15-23-41(39)53(62)60(45)37-17-9-7-10-18-37)50-32-28-46-52(59-50)40-22-14-16-24-42(40)54(63)61(46)38-19-11-8-12-20-38;/h7-20,23-34H,1-6H3;/q-2;+2. The third-order valence-corrected chi connectivity index (χ3v) is 12.8. The van der Waals surface area contributed by atoms with Crippen LogP contribution in [0.25, 0.3) is 55.0 Å². The number of nitrogens with zero attached hydrogens (tertiary/aromatic N) is 4. The topological polar surface area (TPSA) is 79.0 Å². The predicted octanol–water partition coefficient (Wildman–Crippen LogP) is 12.1. The number of hydrogen-bond donors (Lipinski definition) is 0. The van der Waals surface area contributed by atoms with Crippen molar-refractivity contribution in [2.45, 2.75) is 57.8 Å². The maximum Gasteiger partial charge on any atom is 2.00 e. The van der Waals surface area contributed by atoms with Crippen LogP contribution in [0.4, 0.5) is 0 Å². The van der Waals surface area contributed by atoms with Gasteiger partial charge in [0.15, 0.2) is 0 Å². The van der Waals surface area contributed by atoms with Crippen LogP contribution >= 0.6 is 0 Å². The summed E-state index contributed by atoms with van der Waals surface area (Å²) in [5.74, 6) is 1.37. The van der Waals surface area contributed by atoms with E-state index in [4.69, 9.17) is 14.7 Å². The van der Waals surface area contributed by atoms with Crippen molar-refractivity contribution in [2.24, 2.45) is 0 Å². The molecule has 0 N–H and O–H groups in total. The van der Waals surface area contributed by atoms with Crippen molar-refractivity contribution in [2.75, 3.05) is 0 Å². The Bertz CT molecular complexity index is 3420. The van der Waals surface area contributed by atoms with Gasteiger partial charge in [-0.3, -0.25) is 28.7 Å². The Labute approximate surface area is 391 Å². The quantitative estimate of drug-likeness (QED) is 0.130. The largest absolute Gasteiger partial charge is 2.00 e. The molecule has 0 fully saturated rings. The van der Waals surface area contributed by atoms with E-state index >= 15 is 0 Å². The summed E-state index contributed by atoms with van der Waals surface area (Å²) in [6.07, 6.45) is 0. The smallest absolute Gasteiger partial charge is 0.457 e. The number of aromatic nitrogens is 4. The zero-order valence-electron chi connectivity index (χ0n) is 36.8. The molecule has 0 spiro atoms. The first-order chi connectivity index (χ1) is 30.8. The molecule has 5 heterocycles. The molecule has 320 valence electrons. The molecule has 0 aliphatic carbocycles. The number of benzene rings is 6. The zero-order valence-corrected chi connectivity index (χ0v) is 39.1. The van der Waals surface area contributed by atoms with E-state index in [9.17, 15) is 9.59 Å². The molecule has 0 radical (unpaired) electrons. The van der Waals surface area contributed by atoms with E-state index < -0.39 is 5.41 Å². The molecule has 6 aromatic carbocycles. The van der Waals surface area contributed by atoms with Crippen molar-refractivity contribution in [3.05, 3.63) is 224 Å². The molecule has 1 aliphatic rings. The predicted molar refractivity (Wildman–Crippen MR) is 257 cm³/mol. The third-order valence-electron chi connectivity index (χ3n) is 12.8. The van der Waals surface area contributed by atoms with Gasteiger partial charge in [0.25, 0.3) is 0 Å². The summed E-state index contributed by atoms with van der Waals surface area (Å²) in [4.78, 5) is 40.4. The summed E-state index contributed by atoms with van der Waals surface area (Å²) in [7, 11) is 0. The van der Waals surface area contributed by atoms with Crippen LogP contribution in [0.3, 0.4) is 0 Å². The van der Waals surface area contributed by atoms with Crippen molar-refractivity contribution in [1.29, 1.82) is 0 Å². The summed E-state index contributed by atoms with van der Waals surface area (Å²) in [6.45, 7) is 13.3. The fourth-order valence-electron chi connectivity index (χ4n) is 9.50. The fourth-order valence-corrected chi connectivity index (χ4v) is 9.50. The van der Waals surface area contributed by atoms with E-state index in [1.807, 2.05) is 121 Å². The molecule has 7 nitrogen and oxygen atoms in total. The zero-order chi connectivity index (χ0) is 44.1. The van der Waals surface area contributed by atoms with Gasteiger partial charge in [-0.05, 0) is 106 Å². The molecule has 65 heavy (non-hydrogen) atoms. The Kier molecular flexibility index (Phi) is 9.92. The van der Waals surface area contributed by atoms with Crippen LogP contribution in [0.5, 0.6) is 11.5 Å². The SMILES string of the molecule is CC(C)(C)c1ccc2c(c1)C(c1ccc3c(n1)c1[c-]cccc1c(=O)n3-c1ccccc1)(c1ccc3c(n1)c1[c-]cccc1c(=O)n3-c1ccccc1)c1cc(C(C)(C)C)ccc1O2.[Pt+2]. The second-order valence-corrected chi connectivity index (χ2v) is 18.8. The molecule has 11 rings (SSSR count). The van der Waals surface area contributed by atoms with Crippen molar-refractivity contribution in [3.8, 4) is 22.9 Å². The van der Waals surface area contributed by atoms with Gasteiger partial charge in [0.2, 0.25) is 11.1 Å². The molecule has 0 bridgehead atoms. The molecule has 10 aromatic rings. The van der Waals surface area contributed by atoms with Crippen LogP contribution in [-0.2, 0) is 37.3 Å².